The van der Waals surface area contributed by atoms with Crippen molar-refractivity contribution in [2.75, 3.05) is 0 Å². The number of hydrogen-bond donors (Lipinski definition) is 2. The minimum atomic E-state index is -0.540. The van der Waals surface area contributed by atoms with Crippen LogP contribution in [0, 0.1) is 52.3 Å². The summed E-state index contributed by atoms with van der Waals surface area (Å²) in [5, 5.41) is 3.33. The second-order valence-electron chi connectivity index (χ2n) is 13.7. The third kappa shape index (κ3) is 4.07. The van der Waals surface area contributed by atoms with E-state index < -0.39 is 5.66 Å². The Kier molecular flexibility index (Phi) is 6.83. The zero-order valence-corrected chi connectivity index (χ0v) is 22.0. The summed E-state index contributed by atoms with van der Waals surface area (Å²) in [5.74, 6) is 5.03. The molecule has 0 heterocycles. The fourth-order valence-corrected chi connectivity index (χ4v) is 10.1. The lowest BCUT2D eigenvalue weighted by atomic mass is 9.44. The summed E-state index contributed by atoms with van der Waals surface area (Å²) in [6.45, 7) is 14.0. The van der Waals surface area contributed by atoms with E-state index >= 15 is 0 Å². The van der Waals surface area contributed by atoms with Crippen LogP contribution >= 0.6 is 0 Å². The smallest absolute Gasteiger partial charge is 0.218 e. The molecule has 0 aromatic heterocycles. The van der Waals surface area contributed by atoms with Gasteiger partial charge in [-0.15, -0.1) is 0 Å². The van der Waals surface area contributed by atoms with Crippen LogP contribution in [0.15, 0.2) is 0 Å². The molecule has 4 fully saturated rings. The van der Waals surface area contributed by atoms with Gasteiger partial charge in [-0.05, 0) is 91.3 Å². The molecule has 2 unspecified atom stereocenters. The van der Waals surface area contributed by atoms with Gasteiger partial charge in [0.2, 0.25) is 5.91 Å². The fraction of sp³-hybridized carbons (Fsp3) is 0.966. The minimum absolute atomic E-state index is 0.0497. The quantitative estimate of drug-likeness (QED) is 0.438. The summed E-state index contributed by atoms with van der Waals surface area (Å²) in [5.41, 5.74) is 7.50. The first kappa shape index (κ1) is 24.6. The van der Waals surface area contributed by atoms with E-state index in [9.17, 15) is 4.79 Å². The summed E-state index contributed by atoms with van der Waals surface area (Å²) in [6.07, 6.45) is 16.1. The Hall–Kier alpha value is -0.570. The lowest BCUT2D eigenvalue weighted by Crippen LogP contribution is -2.61. The predicted octanol–water partition coefficient (Wildman–Crippen LogP) is 6.90. The van der Waals surface area contributed by atoms with E-state index in [1.54, 1.807) is 6.92 Å². The maximum absolute atomic E-state index is 12.3. The minimum Gasteiger partial charge on any atom is -0.338 e. The molecule has 0 aromatic rings. The van der Waals surface area contributed by atoms with Crippen molar-refractivity contribution in [3.8, 4) is 0 Å². The molecule has 4 rings (SSSR count). The third-order valence-corrected chi connectivity index (χ3v) is 11.3. The Morgan fingerprint density at radius 1 is 0.969 bits per heavy atom. The number of nitrogens with two attached hydrogens (primary N) is 1. The highest BCUT2D eigenvalue weighted by Crippen LogP contribution is 2.69. The van der Waals surface area contributed by atoms with Crippen molar-refractivity contribution >= 4 is 5.91 Å². The molecule has 0 bridgehead atoms. The average molecular weight is 445 g/mol. The van der Waals surface area contributed by atoms with Crippen LogP contribution in [0.2, 0.25) is 0 Å². The molecule has 0 aliphatic heterocycles. The summed E-state index contributed by atoms with van der Waals surface area (Å²) in [4.78, 5) is 12.3. The standard InChI is InChI=1S/C29H52N2O/c1-19(2)10-9-11-20(3)26-28(6)17-15-24-23(25(28)18-29(26,30)31-21(4)32)14-13-22-12-7-8-16-27(22,24)5/h19-20,22-26H,7-18,30H2,1-6H3,(H,31,32)/t20-,22?,23-,24+,25+,26-,27+,28+,29?/m1/s1. The Morgan fingerprint density at radius 2 is 1.72 bits per heavy atom. The van der Waals surface area contributed by atoms with Crippen LogP contribution in [0.1, 0.15) is 119 Å². The van der Waals surface area contributed by atoms with Crippen molar-refractivity contribution in [3.05, 3.63) is 0 Å². The maximum atomic E-state index is 12.3. The van der Waals surface area contributed by atoms with Gasteiger partial charge in [0.1, 0.15) is 0 Å². The van der Waals surface area contributed by atoms with Crippen molar-refractivity contribution in [1.82, 2.24) is 5.32 Å². The topological polar surface area (TPSA) is 55.1 Å². The van der Waals surface area contributed by atoms with Crippen LogP contribution in [-0.4, -0.2) is 11.6 Å². The third-order valence-electron chi connectivity index (χ3n) is 11.3. The molecule has 0 spiro atoms. The predicted molar refractivity (Wildman–Crippen MR) is 134 cm³/mol. The monoisotopic (exact) mass is 444 g/mol. The molecule has 0 radical (unpaired) electrons. The zero-order valence-electron chi connectivity index (χ0n) is 22.0. The highest BCUT2D eigenvalue weighted by Gasteiger charge is 2.66. The molecular weight excluding hydrogens is 392 g/mol. The van der Waals surface area contributed by atoms with Gasteiger partial charge < -0.3 is 11.1 Å². The van der Waals surface area contributed by atoms with Gasteiger partial charge >= 0.3 is 0 Å². The number of fused-ring (bicyclic) bond motifs is 5. The molecule has 4 saturated carbocycles. The summed E-state index contributed by atoms with van der Waals surface area (Å²) in [7, 11) is 0. The van der Waals surface area contributed by atoms with E-state index in [2.05, 4.69) is 39.9 Å². The second-order valence-corrected chi connectivity index (χ2v) is 13.7. The fourth-order valence-electron chi connectivity index (χ4n) is 10.1. The number of rotatable bonds is 6. The number of carbonyl (C=O) groups excluding carboxylic acids is 1. The van der Waals surface area contributed by atoms with E-state index in [0.29, 0.717) is 23.2 Å². The van der Waals surface area contributed by atoms with E-state index in [1.165, 1.54) is 70.6 Å². The first-order chi connectivity index (χ1) is 15.0. The molecule has 0 aromatic carbocycles. The molecule has 3 nitrogen and oxygen atoms in total. The van der Waals surface area contributed by atoms with Gasteiger partial charge in [0.05, 0.1) is 5.66 Å². The van der Waals surface area contributed by atoms with Crippen LogP contribution in [0.5, 0.6) is 0 Å². The van der Waals surface area contributed by atoms with E-state index in [-0.39, 0.29) is 11.3 Å². The average Bonchev–Trinajstić information content (AvgIpc) is 2.92. The highest BCUT2D eigenvalue weighted by atomic mass is 16.1. The van der Waals surface area contributed by atoms with Crippen LogP contribution < -0.4 is 11.1 Å². The summed E-state index contributed by atoms with van der Waals surface area (Å²) >= 11 is 0. The largest absolute Gasteiger partial charge is 0.338 e. The van der Waals surface area contributed by atoms with Crippen LogP contribution in [0.4, 0.5) is 0 Å². The lowest BCUT2D eigenvalue weighted by Gasteiger charge is -2.60. The van der Waals surface area contributed by atoms with Crippen molar-refractivity contribution in [2.24, 2.45) is 58.0 Å². The van der Waals surface area contributed by atoms with E-state index in [1.807, 2.05) is 0 Å². The number of carbonyl (C=O) groups is 1. The Morgan fingerprint density at radius 3 is 2.41 bits per heavy atom. The van der Waals surface area contributed by atoms with Crippen molar-refractivity contribution < 1.29 is 4.79 Å². The number of nitrogens with one attached hydrogen (secondary N) is 1. The normalized spacial score (nSPS) is 46.8. The number of hydrogen-bond acceptors (Lipinski definition) is 2. The molecule has 3 heteroatoms. The number of amides is 1. The Balaban J connectivity index is 1.62. The van der Waals surface area contributed by atoms with E-state index in [4.69, 9.17) is 5.73 Å². The first-order valence-electron chi connectivity index (χ1n) is 14.1. The van der Waals surface area contributed by atoms with Crippen LogP contribution in [-0.2, 0) is 4.79 Å². The molecular formula is C29H52N2O. The van der Waals surface area contributed by atoms with Crippen molar-refractivity contribution in [1.29, 1.82) is 0 Å². The molecule has 3 N–H and O–H groups in total. The van der Waals surface area contributed by atoms with Gasteiger partial charge in [-0.2, -0.15) is 0 Å². The maximum Gasteiger partial charge on any atom is 0.218 e. The zero-order chi connectivity index (χ0) is 23.3. The van der Waals surface area contributed by atoms with Gasteiger partial charge in [0.15, 0.2) is 0 Å². The van der Waals surface area contributed by atoms with Gasteiger partial charge in [-0.3, -0.25) is 4.79 Å². The van der Waals surface area contributed by atoms with Crippen LogP contribution in [0.3, 0.4) is 0 Å². The molecule has 9 atom stereocenters. The molecule has 32 heavy (non-hydrogen) atoms. The SMILES string of the molecule is CC(=O)NC1(N)C[C@H]2[C@@H]3CCC4CCCC[C@]4(C)[C@H]3CC[C@]2(C)[C@H]1[C@H](C)CCCC(C)C. The van der Waals surface area contributed by atoms with Crippen LogP contribution in [0.25, 0.3) is 0 Å². The van der Waals surface area contributed by atoms with Gasteiger partial charge in [0.25, 0.3) is 0 Å². The lowest BCUT2D eigenvalue weighted by molar-refractivity contribution is -0.122. The second kappa shape index (κ2) is 8.90. The van der Waals surface area contributed by atoms with Gasteiger partial charge in [-0.1, -0.05) is 66.7 Å². The van der Waals surface area contributed by atoms with Gasteiger partial charge in [-0.25, -0.2) is 0 Å². The van der Waals surface area contributed by atoms with Crippen molar-refractivity contribution in [3.63, 3.8) is 0 Å². The highest BCUT2D eigenvalue weighted by molar-refractivity contribution is 5.74. The molecule has 4 aliphatic rings. The molecule has 4 aliphatic carbocycles. The summed E-state index contributed by atoms with van der Waals surface area (Å²) in [6, 6.07) is 0. The van der Waals surface area contributed by atoms with E-state index in [0.717, 1.165) is 30.1 Å². The Labute approximate surface area is 198 Å². The molecule has 184 valence electrons. The first-order valence-corrected chi connectivity index (χ1v) is 14.1. The van der Waals surface area contributed by atoms with Crippen molar-refractivity contribution in [2.45, 2.75) is 124 Å². The van der Waals surface area contributed by atoms with Gasteiger partial charge in [0, 0.05) is 12.8 Å². The Bertz CT molecular complexity index is 691. The summed E-state index contributed by atoms with van der Waals surface area (Å²) < 4.78 is 0. The molecule has 0 saturated heterocycles. The molecule has 1 amide bonds.